The van der Waals surface area contributed by atoms with E-state index in [2.05, 4.69) is 10.6 Å². The SMILES string of the molecule is CC(C)(N)CNC(=O)CN1C(=O)NC(=O)C1(C)C. The molecule has 0 aliphatic carbocycles. The fourth-order valence-corrected chi connectivity index (χ4v) is 1.49. The number of carbonyl (C=O) groups is 3. The summed E-state index contributed by atoms with van der Waals surface area (Å²) in [5.41, 5.74) is 4.21. The molecule has 7 nitrogen and oxygen atoms in total. The largest absolute Gasteiger partial charge is 0.353 e. The lowest BCUT2D eigenvalue weighted by Gasteiger charge is -2.27. The van der Waals surface area contributed by atoms with Gasteiger partial charge < -0.3 is 16.0 Å². The molecular weight excluding hydrogens is 236 g/mol. The third-order valence-electron chi connectivity index (χ3n) is 2.74. The molecule has 0 bridgehead atoms. The molecule has 1 fully saturated rings. The minimum absolute atomic E-state index is 0.166. The molecule has 102 valence electrons. The molecule has 7 heteroatoms. The molecule has 0 atom stereocenters. The van der Waals surface area contributed by atoms with Crippen molar-refractivity contribution in [1.82, 2.24) is 15.5 Å². The van der Waals surface area contributed by atoms with Crippen LogP contribution in [0.3, 0.4) is 0 Å². The zero-order valence-electron chi connectivity index (χ0n) is 11.2. The molecule has 1 heterocycles. The molecule has 0 saturated carbocycles. The topological polar surface area (TPSA) is 105 Å². The van der Waals surface area contributed by atoms with Gasteiger partial charge >= 0.3 is 6.03 Å². The summed E-state index contributed by atoms with van der Waals surface area (Å²) >= 11 is 0. The van der Waals surface area contributed by atoms with Crippen molar-refractivity contribution in [3.05, 3.63) is 0 Å². The molecule has 1 rings (SSSR count). The third kappa shape index (κ3) is 3.19. The Kier molecular flexibility index (Phi) is 3.66. The number of nitrogens with two attached hydrogens (primary N) is 1. The van der Waals surface area contributed by atoms with Crippen LogP contribution in [-0.4, -0.2) is 46.9 Å². The number of urea groups is 1. The number of rotatable bonds is 4. The van der Waals surface area contributed by atoms with Crippen LogP contribution in [0.2, 0.25) is 0 Å². The average Bonchev–Trinajstić information content (AvgIpc) is 2.37. The van der Waals surface area contributed by atoms with Crippen LogP contribution in [0, 0.1) is 0 Å². The number of hydrogen-bond acceptors (Lipinski definition) is 4. The molecule has 0 aromatic heterocycles. The Morgan fingerprint density at radius 2 is 2.00 bits per heavy atom. The second kappa shape index (κ2) is 4.56. The van der Waals surface area contributed by atoms with Gasteiger partial charge in [0.25, 0.3) is 5.91 Å². The fraction of sp³-hybridized carbons (Fsp3) is 0.727. The van der Waals surface area contributed by atoms with Crippen LogP contribution in [0.15, 0.2) is 0 Å². The molecule has 1 saturated heterocycles. The van der Waals surface area contributed by atoms with E-state index in [1.54, 1.807) is 27.7 Å². The van der Waals surface area contributed by atoms with Gasteiger partial charge in [0.05, 0.1) is 0 Å². The lowest BCUT2D eigenvalue weighted by molar-refractivity contribution is -0.127. The van der Waals surface area contributed by atoms with Crippen LogP contribution < -0.4 is 16.4 Å². The second-order valence-electron chi connectivity index (χ2n) is 5.67. The first-order valence-electron chi connectivity index (χ1n) is 5.73. The number of nitrogens with one attached hydrogen (secondary N) is 2. The van der Waals surface area contributed by atoms with Gasteiger partial charge in [-0.15, -0.1) is 0 Å². The maximum absolute atomic E-state index is 11.7. The Morgan fingerprint density at radius 1 is 1.44 bits per heavy atom. The first-order chi connectivity index (χ1) is 8.04. The van der Waals surface area contributed by atoms with Gasteiger partial charge in [0, 0.05) is 12.1 Å². The fourth-order valence-electron chi connectivity index (χ4n) is 1.49. The number of hydrogen-bond donors (Lipinski definition) is 3. The zero-order valence-corrected chi connectivity index (χ0v) is 11.2. The summed E-state index contributed by atoms with van der Waals surface area (Å²) in [6.45, 7) is 6.88. The van der Waals surface area contributed by atoms with Crippen molar-refractivity contribution in [1.29, 1.82) is 0 Å². The van der Waals surface area contributed by atoms with Crippen LogP contribution >= 0.6 is 0 Å². The summed E-state index contributed by atoms with van der Waals surface area (Å²) in [5.74, 6) is -0.745. The van der Waals surface area contributed by atoms with Gasteiger partial charge in [-0.05, 0) is 27.7 Å². The summed E-state index contributed by atoms with van der Waals surface area (Å²) in [6.07, 6.45) is 0. The minimum atomic E-state index is -1.01. The first-order valence-corrected chi connectivity index (χ1v) is 5.73. The van der Waals surface area contributed by atoms with Gasteiger partial charge in [-0.25, -0.2) is 4.79 Å². The van der Waals surface area contributed by atoms with Crippen molar-refractivity contribution in [3.63, 3.8) is 0 Å². The minimum Gasteiger partial charge on any atom is -0.353 e. The Balaban J connectivity index is 2.60. The third-order valence-corrected chi connectivity index (χ3v) is 2.74. The van der Waals surface area contributed by atoms with E-state index in [1.165, 1.54) is 4.90 Å². The molecule has 4 amide bonds. The molecule has 0 unspecified atom stereocenters. The van der Waals surface area contributed by atoms with Gasteiger partial charge in [-0.1, -0.05) is 0 Å². The van der Waals surface area contributed by atoms with Crippen LogP contribution in [0.1, 0.15) is 27.7 Å². The Bertz CT molecular complexity index is 384. The van der Waals surface area contributed by atoms with E-state index in [0.29, 0.717) is 6.54 Å². The molecule has 1 aliphatic heterocycles. The highest BCUT2D eigenvalue weighted by molar-refractivity contribution is 6.07. The summed E-state index contributed by atoms with van der Waals surface area (Å²) in [7, 11) is 0. The number of amides is 4. The van der Waals surface area contributed by atoms with E-state index >= 15 is 0 Å². The van der Waals surface area contributed by atoms with E-state index in [1.807, 2.05) is 0 Å². The van der Waals surface area contributed by atoms with E-state index in [4.69, 9.17) is 5.73 Å². The molecule has 1 aliphatic rings. The standard InChI is InChI=1S/C11H20N4O3/c1-10(2,12)6-13-7(16)5-15-9(18)14-8(17)11(15,3)4/h5-6,12H2,1-4H3,(H,13,16)(H,14,17,18). The van der Waals surface area contributed by atoms with Crippen LogP contribution in [-0.2, 0) is 9.59 Å². The number of carbonyl (C=O) groups excluding carboxylic acids is 3. The van der Waals surface area contributed by atoms with Crippen molar-refractivity contribution in [2.24, 2.45) is 5.73 Å². The van der Waals surface area contributed by atoms with E-state index < -0.39 is 23.0 Å². The van der Waals surface area contributed by atoms with Crippen LogP contribution in [0.4, 0.5) is 4.79 Å². The van der Waals surface area contributed by atoms with E-state index in [9.17, 15) is 14.4 Å². The first kappa shape index (κ1) is 14.4. The molecular formula is C11H20N4O3. The van der Waals surface area contributed by atoms with Gasteiger partial charge in [0.2, 0.25) is 5.91 Å². The van der Waals surface area contributed by atoms with Gasteiger partial charge in [0.15, 0.2) is 0 Å². The number of imide groups is 1. The molecule has 0 aromatic carbocycles. The van der Waals surface area contributed by atoms with Gasteiger partial charge in [-0.3, -0.25) is 14.9 Å². The second-order valence-corrected chi connectivity index (χ2v) is 5.67. The Labute approximate surface area is 106 Å². The normalized spacial score (nSPS) is 18.8. The highest BCUT2D eigenvalue weighted by Crippen LogP contribution is 2.19. The highest BCUT2D eigenvalue weighted by Gasteiger charge is 2.46. The lowest BCUT2D eigenvalue weighted by atomic mass is 10.0. The van der Waals surface area contributed by atoms with Gasteiger partial charge in [0.1, 0.15) is 12.1 Å². The lowest BCUT2D eigenvalue weighted by Crippen LogP contribution is -2.51. The van der Waals surface area contributed by atoms with E-state index in [-0.39, 0.29) is 12.5 Å². The van der Waals surface area contributed by atoms with Crippen LogP contribution in [0.25, 0.3) is 0 Å². The van der Waals surface area contributed by atoms with Crippen molar-refractivity contribution in [3.8, 4) is 0 Å². The maximum atomic E-state index is 11.7. The summed E-state index contributed by atoms with van der Waals surface area (Å²) in [4.78, 5) is 35.9. The predicted octanol–water partition coefficient (Wildman–Crippen LogP) is -0.830. The summed E-state index contributed by atoms with van der Waals surface area (Å²) in [6, 6.07) is -0.549. The molecule has 0 aromatic rings. The molecule has 18 heavy (non-hydrogen) atoms. The monoisotopic (exact) mass is 256 g/mol. The van der Waals surface area contributed by atoms with Crippen LogP contribution in [0.5, 0.6) is 0 Å². The Morgan fingerprint density at radius 3 is 2.39 bits per heavy atom. The molecule has 4 N–H and O–H groups in total. The predicted molar refractivity (Wildman–Crippen MR) is 65.6 cm³/mol. The molecule has 0 radical (unpaired) electrons. The summed E-state index contributed by atoms with van der Waals surface area (Å²) in [5, 5.41) is 4.80. The van der Waals surface area contributed by atoms with Gasteiger partial charge in [-0.2, -0.15) is 0 Å². The zero-order chi connectivity index (χ0) is 14.1. The Hall–Kier alpha value is -1.63. The quantitative estimate of drug-likeness (QED) is 0.571. The maximum Gasteiger partial charge on any atom is 0.325 e. The van der Waals surface area contributed by atoms with E-state index in [0.717, 1.165) is 0 Å². The van der Waals surface area contributed by atoms with Crippen molar-refractivity contribution < 1.29 is 14.4 Å². The average molecular weight is 256 g/mol. The van der Waals surface area contributed by atoms with Crippen molar-refractivity contribution in [2.75, 3.05) is 13.1 Å². The highest BCUT2D eigenvalue weighted by atomic mass is 16.2. The number of nitrogens with zero attached hydrogens (tertiary/aromatic N) is 1. The van der Waals surface area contributed by atoms with Crippen molar-refractivity contribution >= 4 is 17.8 Å². The molecule has 0 spiro atoms. The van der Waals surface area contributed by atoms with Crippen molar-refractivity contribution in [2.45, 2.75) is 38.8 Å². The summed E-state index contributed by atoms with van der Waals surface area (Å²) < 4.78 is 0. The smallest absolute Gasteiger partial charge is 0.325 e.